The van der Waals surface area contributed by atoms with Crippen LogP contribution in [-0.4, -0.2) is 30.5 Å². The Morgan fingerprint density at radius 1 is 1.47 bits per heavy atom. The standard InChI is InChI=1S/C9H15F3O3/c1-2-15-8(14)5-3-4-7(6-13)9(10,11)12/h7,13H,2-6H2,1H3/t7-/m0/s1. The molecule has 0 saturated carbocycles. The van der Waals surface area contributed by atoms with Crippen molar-refractivity contribution in [3.8, 4) is 0 Å². The fraction of sp³-hybridized carbons (Fsp3) is 0.889. The minimum Gasteiger partial charge on any atom is -0.466 e. The molecule has 0 saturated heterocycles. The van der Waals surface area contributed by atoms with E-state index in [1.54, 1.807) is 6.92 Å². The predicted molar refractivity (Wildman–Crippen MR) is 47.1 cm³/mol. The van der Waals surface area contributed by atoms with E-state index < -0.39 is 24.7 Å². The third-order valence-electron chi connectivity index (χ3n) is 1.92. The number of aliphatic hydroxyl groups is 1. The van der Waals surface area contributed by atoms with Gasteiger partial charge in [-0.1, -0.05) is 0 Å². The molecule has 1 atom stereocenters. The zero-order valence-electron chi connectivity index (χ0n) is 8.51. The van der Waals surface area contributed by atoms with Crippen LogP contribution in [0.1, 0.15) is 26.2 Å². The second kappa shape index (κ2) is 6.66. The Hall–Kier alpha value is -0.780. The molecule has 0 aromatic rings. The number of carbonyl (C=O) groups excluding carboxylic acids is 1. The van der Waals surface area contributed by atoms with E-state index >= 15 is 0 Å². The Morgan fingerprint density at radius 3 is 2.47 bits per heavy atom. The molecule has 0 fully saturated rings. The third kappa shape index (κ3) is 6.33. The smallest absolute Gasteiger partial charge is 0.394 e. The van der Waals surface area contributed by atoms with Crippen LogP contribution in [0.5, 0.6) is 0 Å². The lowest BCUT2D eigenvalue weighted by Crippen LogP contribution is -2.26. The highest BCUT2D eigenvalue weighted by Gasteiger charge is 2.38. The van der Waals surface area contributed by atoms with Gasteiger partial charge in [0.25, 0.3) is 0 Å². The van der Waals surface area contributed by atoms with E-state index in [1.165, 1.54) is 0 Å². The van der Waals surface area contributed by atoms with Gasteiger partial charge < -0.3 is 9.84 Å². The van der Waals surface area contributed by atoms with Crippen molar-refractivity contribution >= 4 is 5.97 Å². The summed E-state index contributed by atoms with van der Waals surface area (Å²) in [5.41, 5.74) is 0. The first-order valence-electron chi connectivity index (χ1n) is 4.75. The number of carbonyl (C=O) groups is 1. The highest BCUT2D eigenvalue weighted by Crippen LogP contribution is 2.29. The maximum atomic E-state index is 12.1. The van der Waals surface area contributed by atoms with E-state index in [4.69, 9.17) is 5.11 Å². The van der Waals surface area contributed by atoms with Gasteiger partial charge >= 0.3 is 12.1 Å². The Kier molecular flexibility index (Phi) is 6.31. The van der Waals surface area contributed by atoms with Crippen LogP contribution < -0.4 is 0 Å². The normalized spacial score (nSPS) is 13.7. The van der Waals surface area contributed by atoms with E-state index in [0.29, 0.717) is 0 Å². The SMILES string of the molecule is CCOC(=O)CCC[C@@H](CO)C(F)(F)F. The van der Waals surface area contributed by atoms with Gasteiger partial charge in [0.2, 0.25) is 0 Å². The summed E-state index contributed by atoms with van der Waals surface area (Å²) in [4.78, 5) is 10.8. The molecular formula is C9H15F3O3. The molecule has 0 heterocycles. The largest absolute Gasteiger partial charge is 0.466 e. The molecule has 0 spiro atoms. The summed E-state index contributed by atoms with van der Waals surface area (Å²) in [6, 6.07) is 0. The number of hydrogen-bond donors (Lipinski definition) is 1. The van der Waals surface area contributed by atoms with Crippen molar-refractivity contribution in [3.63, 3.8) is 0 Å². The van der Waals surface area contributed by atoms with Gasteiger partial charge in [0, 0.05) is 6.42 Å². The lowest BCUT2D eigenvalue weighted by atomic mass is 10.0. The molecule has 0 unspecified atom stereocenters. The monoisotopic (exact) mass is 228 g/mol. The van der Waals surface area contributed by atoms with Crippen LogP contribution in [0.2, 0.25) is 0 Å². The topological polar surface area (TPSA) is 46.5 Å². The van der Waals surface area contributed by atoms with Gasteiger partial charge in [-0.2, -0.15) is 13.2 Å². The van der Waals surface area contributed by atoms with Crippen LogP contribution in [0.15, 0.2) is 0 Å². The summed E-state index contributed by atoms with van der Waals surface area (Å²) in [7, 11) is 0. The van der Waals surface area contributed by atoms with Crippen molar-refractivity contribution < 1.29 is 27.8 Å². The summed E-state index contributed by atoms with van der Waals surface area (Å²) < 4.78 is 40.9. The van der Waals surface area contributed by atoms with Crippen LogP contribution in [0, 0.1) is 5.92 Å². The van der Waals surface area contributed by atoms with E-state index in [0.717, 1.165) is 0 Å². The van der Waals surface area contributed by atoms with Crippen LogP contribution in [-0.2, 0) is 9.53 Å². The average molecular weight is 228 g/mol. The lowest BCUT2D eigenvalue weighted by Gasteiger charge is -2.17. The highest BCUT2D eigenvalue weighted by atomic mass is 19.4. The van der Waals surface area contributed by atoms with E-state index in [-0.39, 0.29) is 25.9 Å². The van der Waals surface area contributed by atoms with Crippen molar-refractivity contribution in [2.75, 3.05) is 13.2 Å². The predicted octanol–water partition coefficient (Wildman–Crippen LogP) is 1.89. The molecule has 6 heteroatoms. The Bertz CT molecular complexity index is 192. The van der Waals surface area contributed by atoms with Gasteiger partial charge in [0.15, 0.2) is 0 Å². The quantitative estimate of drug-likeness (QED) is 0.706. The molecule has 0 radical (unpaired) electrons. The first kappa shape index (κ1) is 14.2. The number of esters is 1. The molecule has 0 aliphatic carbocycles. The molecule has 1 N–H and O–H groups in total. The van der Waals surface area contributed by atoms with Gasteiger partial charge in [-0.15, -0.1) is 0 Å². The van der Waals surface area contributed by atoms with Gasteiger partial charge in [0.1, 0.15) is 0 Å². The molecule has 0 rings (SSSR count). The first-order chi connectivity index (χ1) is 6.91. The molecular weight excluding hydrogens is 213 g/mol. The number of halogens is 3. The van der Waals surface area contributed by atoms with E-state index in [9.17, 15) is 18.0 Å². The van der Waals surface area contributed by atoms with Crippen molar-refractivity contribution in [2.24, 2.45) is 5.92 Å². The van der Waals surface area contributed by atoms with Crippen molar-refractivity contribution in [1.29, 1.82) is 0 Å². The number of aliphatic hydroxyl groups excluding tert-OH is 1. The van der Waals surface area contributed by atoms with Crippen molar-refractivity contribution in [2.45, 2.75) is 32.4 Å². The molecule has 90 valence electrons. The molecule has 0 aromatic carbocycles. The summed E-state index contributed by atoms with van der Waals surface area (Å²) in [6.45, 7) is 0.915. The Balaban J connectivity index is 3.78. The second-order valence-electron chi connectivity index (χ2n) is 3.12. The summed E-state index contributed by atoms with van der Waals surface area (Å²) in [5.74, 6) is -2.25. The highest BCUT2D eigenvalue weighted by molar-refractivity contribution is 5.69. The van der Waals surface area contributed by atoms with Gasteiger partial charge in [0.05, 0.1) is 19.1 Å². The molecule has 0 bridgehead atoms. The summed E-state index contributed by atoms with van der Waals surface area (Å²) in [6.07, 6.45) is -4.62. The molecule has 0 aliphatic heterocycles. The molecule has 3 nitrogen and oxygen atoms in total. The van der Waals surface area contributed by atoms with Gasteiger partial charge in [-0.3, -0.25) is 4.79 Å². The van der Waals surface area contributed by atoms with Gasteiger partial charge in [-0.05, 0) is 19.8 Å². The van der Waals surface area contributed by atoms with Crippen LogP contribution >= 0.6 is 0 Å². The maximum Gasteiger partial charge on any atom is 0.394 e. The van der Waals surface area contributed by atoms with E-state index in [2.05, 4.69) is 4.74 Å². The third-order valence-corrected chi connectivity index (χ3v) is 1.92. The molecule has 0 aliphatic rings. The molecule has 15 heavy (non-hydrogen) atoms. The zero-order chi connectivity index (χ0) is 11.9. The zero-order valence-corrected chi connectivity index (χ0v) is 8.51. The van der Waals surface area contributed by atoms with Crippen LogP contribution in [0.3, 0.4) is 0 Å². The van der Waals surface area contributed by atoms with Gasteiger partial charge in [-0.25, -0.2) is 0 Å². The number of ether oxygens (including phenoxy) is 1. The fourth-order valence-electron chi connectivity index (χ4n) is 1.08. The minimum atomic E-state index is -4.40. The maximum absolute atomic E-state index is 12.1. The summed E-state index contributed by atoms with van der Waals surface area (Å²) >= 11 is 0. The second-order valence-corrected chi connectivity index (χ2v) is 3.12. The molecule has 0 aromatic heterocycles. The Labute approximate surface area is 86.2 Å². The Morgan fingerprint density at radius 2 is 2.07 bits per heavy atom. The summed E-state index contributed by atoms with van der Waals surface area (Å²) in [5, 5.41) is 8.49. The average Bonchev–Trinajstić information content (AvgIpc) is 2.10. The van der Waals surface area contributed by atoms with Crippen molar-refractivity contribution in [1.82, 2.24) is 0 Å². The minimum absolute atomic E-state index is 0.0413. The molecule has 0 amide bonds. The van der Waals surface area contributed by atoms with Crippen molar-refractivity contribution in [3.05, 3.63) is 0 Å². The van der Waals surface area contributed by atoms with E-state index in [1.807, 2.05) is 0 Å². The lowest BCUT2D eigenvalue weighted by molar-refractivity contribution is -0.186. The van der Waals surface area contributed by atoms with Crippen LogP contribution in [0.25, 0.3) is 0 Å². The fourth-order valence-corrected chi connectivity index (χ4v) is 1.08. The van der Waals surface area contributed by atoms with Crippen LogP contribution in [0.4, 0.5) is 13.2 Å². The number of hydrogen-bond acceptors (Lipinski definition) is 3. The first-order valence-corrected chi connectivity index (χ1v) is 4.75. The number of alkyl halides is 3. The number of rotatable bonds is 6.